The fourth-order valence-corrected chi connectivity index (χ4v) is 1.64. The molecule has 0 N–H and O–H groups in total. The van der Waals surface area contributed by atoms with Crippen LogP contribution < -0.4 is 0 Å². The predicted octanol–water partition coefficient (Wildman–Crippen LogP) is 1.99. The van der Waals surface area contributed by atoms with Crippen molar-refractivity contribution in [1.82, 2.24) is 0 Å². The maximum absolute atomic E-state index is 5.62. The summed E-state index contributed by atoms with van der Waals surface area (Å²) < 4.78 is 11.2. The zero-order valence-corrected chi connectivity index (χ0v) is 7.45. The number of hydrogen-bond donors (Lipinski definition) is 0. The Bertz CT molecular complexity index is 288. The van der Waals surface area contributed by atoms with E-state index in [0.29, 0.717) is 0 Å². The van der Waals surface area contributed by atoms with E-state index in [1.54, 1.807) is 6.08 Å². The van der Waals surface area contributed by atoms with Gasteiger partial charge in [-0.2, -0.15) is 0 Å². The van der Waals surface area contributed by atoms with E-state index in [4.69, 9.17) is 15.9 Å². The second-order valence-electron chi connectivity index (χ2n) is 3.27. The third kappa shape index (κ3) is 1.61. The molecule has 68 valence electrons. The van der Waals surface area contributed by atoms with E-state index >= 15 is 0 Å². The van der Waals surface area contributed by atoms with Gasteiger partial charge in [0.15, 0.2) is 0 Å². The van der Waals surface area contributed by atoms with E-state index < -0.39 is 5.79 Å². The molecule has 0 bridgehead atoms. The van der Waals surface area contributed by atoms with Crippen LogP contribution in [0.4, 0.5) is 0 Å². The van der Waals surface area contributed by atoms with Crippen molar-refractivity contribution >= 4 is 0 Å². The topological polar surface area (TPSA) is 18.5 Å². The SMILES string of the molecule is C#CC=C1C=CC2(CCCCO2)O1. The van der Waals surface area contributed by atoms with Gasteiger partial charge < -0.3 is 9.47 Å². The summed E-state index contributed by atoms with van der Waals surface area (Å²) in [6, 6.07) is 0. The molecule has 1 atom stereocenters. The minimum absolute atomic E-state index is 0.499. The molecule has 0 aliphatic carbocycles. The minimum atomic E-state index is -0.499. The highest BCUT2D eigenvalue weighted by molar-refractivity contribution is 5.28. The number of ether oxygens (including phenoxy) is 2. The standard InChI is InChI=1S/C11H12O2/c1-2-5-10-6-8-11(13-10)7-3-4-9-12-11/h1,5-6,8H,3-4,7,9H2. The summed E-state index contributed by atoms with van der Waals surface area (Å²) in [5, 5.41) is 0. The van der Waals surface area contributed by atoms with E-state index in [2.05, 4.69) is 5.92 Å². The lowest BCUT2D eigenvalue weighted by molar-refractivity contribution is -0.191. The van der Waals surface area contributed by atoms with Crippen LogP contribution >= 0.6 is 0 Å². The maximum atomic E-state index is 5.62. The second-order valence-corrected chi connectivity index (χ2v) is 3.27. The van der Waals surface area contributed by atoms with Gasteiger partial charge in [-0.25, -0.2) is 0 Å². The summed E-state index contributed by atoms with van der Waals surface area (Å²) in [6.07, 6.45) is 13.8. The summed E-state index contributed by atoms with van der Waals surface area (Å²) in [5.74, 6) is 2.67. The summed E-state index contributed by atoms with van der Waals surface area (Å²) in [5.41, 5.74) is 0. The molecule has 1 saturated heterocycles. The van der Waals surface area contributed by atoms with Gasteiger partial charge in [0, 0.05) is 12.5 Å². The number of terminal acetylenes is 1. The Labute approximate surface area is 78.2 Å². The lowest BCUT2D eigenvalue weighted by Gasteiger charge is -2.31. The zero-order valence-electron chi connectivity index (χ0n) is 7.45. The smallest absolute Gasteiger partial charge is 0.230 e. The molecule has 1 fully saturated rings. The Morgan fingerprint density at radius 3 is 3.15 bits per heavy atom. The lowest BCUT2D eigenvalue weighted by atomic mass is 10.1. The van der Waals surface area contributed by atoms with Gasteiger partial charge in [-0.3, -0.25) is 0 Å². The predicted molar refractivity (Wildman–Crippen MR) is 49.7 cm³/mol. The molecule has 0 amide bonds. The Kier molecular flexibility index (Phi) is 2.12. The molecule has 2 aliphatic heterocycles. The van der Waals surface area contributed by atoms with Crippen molar-refractivity contribution in [2.45, 2.75) is 25.0 Å². The molecular formula is C11H12O2. The maximum Gasteiger partial charge on any atom is 0.230 e. The highest BCUT2D eigenvalue weighted by Gasteiger charge is 2.36. The van der Waals surface area contributed by atoms with E-state index in [1.165, 1.54) is 0 Å². The lowest BCUT2D eigenvalue weighted by Crippen LogP contribution is -2.34. The van der Waals surface area contributed by atoms with Crippen LogP contribution in [-0.2, 0) is 9.47 Å². The summed E-state index contributed by atoms with van der Waals surface area (Å²) in [4.78, 5) is 0. The number of allylic oxidation sites excluding steroid dienone is 2. The average Bonchev–Trinajstić information content (AvgIpc) is 2.51. The third-order valence-corrected chi connectivity index (χ3v) is 2.28. The van der Waals surface area contributed by atoms with Gasteiger partial charge in [0.2, 0.25) is 5.79 Å². The Balaban J connectivity index is 2.09. The van der Waals surface area contributed by atoms with Crippen molar-refractivity contribution in [3.8, 4) is 12.3 Å². The van der Waals surface area contributed by atoms with E-state index in [9.17, 15) is 0 Å². The second kappa shape index (κ2) is 3.27. The van der Waals surface area contributed by atoms with Gasteiger partial charge in [-0.15, -0.1) is 6.42 Å². The van der Waals surface area contributed by atoms with Crippen LogP contribution in [-0.4, -0.2) is 12.4 Å². The zero-order chi connectivity index (χ0) is 9.15. The van der Waals surface area contributed by atoms with Crippen LogP contribution in [0.1, 0.15) is 19.3 Å². The van der Waals surface area contributed by atoms with Crippen LogP contribution in [0.15, 0.2) is 24.0 Å². The molecule has 0 aromatic heterocycles. The summed E-state index contributed by atoms with van der Waals surface area (Å²) in [7, 11) is 0. The molecule has 0 aromatic carbocycles. The Hall–Kier alpha value is -1.20. The first kappa shape index (κ1) is 8.40. The molecule has 2 aliphatic rings. The number of hydrogen-bond acceptors (Lipinski definition) is 2. The first-order valence-corrected chi connectivity index (χ1v) is 4.53. The highest BCUT2D eigenvalue weighted by atomic mass is 16.7. The van der Waals surface area contributed by atoms with Crippen molar-refractivity contribution in [2.24, 2.45) is 0 Å². The molecule has 2 heteroatoms. The highest BCUT2D eigenvalue weighted by Crippen LogP contribution is 2.34. The molecule has 13 heavy (non-hydrogen) atoms. The quantitative estimate of drug-likeness (QED) is 0.525. The van der Waals surface area contributed by atoms with Crippen molar-refractivity contribution in [3.63, 3.8) is 0 Å². The Morgan fingerprint density at radius 1 is 1.54 bits per heavy atom. The normalized spacial score (nSPS) is 34.8. The van der Waals surface area contributed by atoms with Crippen molar-refractivity contribution < 1.29 is 9.47 Å². The first-order chi connectivity index (χ1) is 6.35. The van der Waals surface area contributed by atoms with E-state index in [-0.39, 0.29) is 0 Å². The Morgan fingerprint density at radius 2 is 2.46 bits per heavy atom. The third-order valence-electron chi connectivity index (χ3n) is 2.28. The molecular weight excluding hydrogens is 164 g/mol. The largest absolute Gasteiger partial charge is 0.458 e. The monoisotopic (exact) mass is 176 g/mol. The molecule has 0 radical (unpaired) electrons. The van der Waals surface area contributed by atoms with E-state index in [1.807, 2.05) is 12.2 Å². The molecule has 2 rings (SSSR count). The minimum Gasteiger partial charge on any atom is -0.458 e. The summed E-state index contributed by atoms with van der Waals surface area (Å²) >= 11 is 0. The van der Waals surface area contributed by atoms with Crippen LogP contribution in [0.3, 0.4) is 0 Å². The van der Waals surface area contributed by atoms with Crippen molar-refractivity contribution in [2.75, 3.05) is 6.61 Å². The van der Waals surface area contributed by atoms with Gasteiger partial charge in [0.25, 0.3) is 0 Å². The fourth-order valence-electron chi connectivity index (χ4n) is 1.64. The van der Waals surface area contributed by atoms with Crippen molar-refractivity contribution in [3.05, 3.63) is 24.0 Å². The van der Waals surface area contributed by atoms with Gasteiger partial charge in [-0.1, -0.05) is 5.92 Å². The summed E-state index contributed by atoms with van der Waals surface area (Å²) in [6.45, 7) is 0.772. The van der Waals surface area contributed by atoms with Gasteiger partial charge in [0.1, 0.15) is 5.76 Å². The van der Waals surface area contributed by atoms with Gasteiger partial charge in [0.05, 0.1) is 6.61 Å². The van der Waals surface area contributed by atoms with E-state index in [0.717, 1.165) is 31.6 Å². The molecule has 0 saturated carbocycles. The fraction of sp³-hybridized carbons (Fsp3) is 0.455. The number of rotatable bonds is 0. The molecule has 2 nitrogen and oxygen atoms in total. The van der Waals surface area contributed by atoms with Crippen LogP contribution in [0.25, 0.3) is 0 Å². The van der Waals surface area contributed by atoms with Crippen molar-refractivity contribution in [1.29, 1.82) is 0 Å². The van der Waals surface area contributed by atoms with Crippen LogP contribution in [0, 0.1) is 12.3 Å². The van der Waals surface area contributed by atoms with Crippen LogP contribution in [0.2, 0.25) is 0 Å². The first-order valence-electron chi connectivity index (χ1n) is 4.53. The molecule has 0 aromatic rings. The molecule has 2 heterocycles. The van der Waals surface area contributed by atoms with Gasteiger partial charge >= 0.3 is 0 Å². The van der Waals surface area contributed by atoms with Crippen LogP contribution in [0.5, 0.6) is 0 Å². The average molecular weight is 176 g/mol. The molecule has 1 spiro atoms. The van der Waals surface area contributed by atoms with Gasteiger partial charge in [-0.05, 0) is 25.0 Å². The molecule has 1 unspecified atom stereocenters.